The molecular formula is C17H30. The molecule has 4 unspecified atom stereocenters. The molecule has 0 aliphatic heterocycles. The fourth-order valence-electron chi connectivity index (χ4n) is 3.12. The van der Waals surface area contributed by atoms with E-state index in [1.165, 1.54) is 37.7 Å². The minimum Gasteiger partial charge on any atom is -0.103 e. The van der Waals surface area contributed by atoms with Gasteiger partial charge >= 0.3 is 0 Å². The highest BCUT2D eigenvalue weighted by molar-refractivity contribution is 4.95. The van der Waals surface area contributed by atoms with Crippen LogP contribution < -0.4 is 0 Å². The van der Waals surface area contributed by atoms with Crippen molar-refractivity contribution < 1.29 is 0 Å². The lowest BCUT2D eigenvalue weighted by molar-refractivity contribution is 0.194. The molecule has 0 aromatic rings. The van der Waals surface area contributed by atoms with Gasteiger partial charge in [-0.15, -0.1) is 13.2 Å². The summed E-state index contributed by atoms with van der Waals surface area (Å²) in [5, 5.41) is 0. The molecule has 0 aromatic heterocycles. The number of hydrogen-bond donors (Lipinski definition) is 0. The number of allylic oxidation sites excluding steroid dienone is 2. The first-order valence-corrected chi connectivity index (χ1v) is 7.29. The van der Waals surface area contributed by atoms with Crippen LogP contribution in [0, 0.1) is 23.7 Å². The Balaban J connectivity index is 2.29. The average Bonchev–Trinajstić information content (AvgIpc) is 2.28. The summed E-state index contributed by atoms with van der Waals surface area (Å²) >= 11 is 0. The van der Waals surface area contributed by atoms with E-state index in [4.69, 9.17) is 0 Å². The third kappa shape index (κ3) is 5.10. The Bertz CT molecular complexity index is 251. The molecule has 1 aliphatic carbocycles. The molecule has 0 heteroatoms. The molecule has 0 saturated heterocycles. The monoisotopic (exact) mass is 234 g/mol. The summed E-state index contributed by atoms with van der Waals surface area (Å²) in [6.07, 6.45) is 10.3. The van der Waals surface area contributed by atoms with E-state index in [-0.39, 0.29) is 0 Å². The zero-order chi connectivity index (χ0) is 12.8. The van der Waals surface area contributed by atoms with Gasteiger partial charge < -0.3 is 0 Å². The summed E-state index contributed by atoms with van der Waals surface area (Å²) in [6.45, 7) is 14.9. The molecule has 1 fully saturated rings. The molecule has 0 bridgehead atoms. The average molecular weight is 234 g/mol. The van der Waals surface area contributed by atoms with Gasteiger partial charge in [-0.3, -0.25) is 0 Å². The summed E-state index contributed by atoms with van der Waals surface area (Å²) in [5.41, 5.74) is 1.29. The van der Waals surface area contributed by atoms with Crippen molar-refractivity contribution in [1.82, 2.24) is 0 Å². The van der Waals surface area contributed by atoms with Crippen molar-refractivity contribution in [3.05, 3.63) is 24.8 Å². The highest BCUT2D eigenvalue weighted by Crippen LogP contribution is 2.36. The molecule has 0 N–H and O–H groups in total. The maximum absolute atomic E-state index is 4.01. The molecular weight excluding hydrogens is 204 g/mol. The second kappa shape index (κ2) is 7.03. The van der Waals surface area contributed by atoms with Gasteiger partial charge in [0.1, 0.15) is 0 Å². The third-order valence-corrected chi connectivity index (χ3v) is 4.60. The van der Waals surface area contributed by atoms with Crippen LogP contribution in [0.15, 0.2) is 24.8 Å². The maximum atomic E-state index is 4.01. The molecule has 4 atom stereocenters. The Kier molecular flexibility index (Phi) is 6.02. The highest BCUT2D eigenvalue weighted by atomic mass is 14.3. The Morgan fingerprint density at radius 1 is 1.29 bits per heavy atom. The minimum atomic E-state index is 0.655. The van der Waals surface area contributed by atoms with Gasteiger partial charge in [-0.2, -0.15) is 0 Å². The zero-order valence-electron chi connectivity index (χ0n) is 12.0. The van der Waals surface area contributed by atoms with Crippen molar-refractivity contribution in [2.24, 2.45) is 23.7 Å². The first-order chi connectivity index (χ1) is 8.02. The smallest absolute Gasteiger partial charge is 0.0199 e. The van der Waals surface area contributed by atoms with Crippen LogP contribution in [0.2, 0.25) is 0 Å². The first kappa shape index (κ1) is 14.5. The summed E-state index contributed by atoms with van der Waals surface area (Å²) in [5.74, 6) is 3.49. The molecule has 1 saturated carbocycles. The number of rotatable bonds is 6. The highest BCUT2D eigenvalue weighted by Gasteiger charge is 2.24. The fraction of sp³-hybridized carbons (Fsp3) is 0.765. The third-order valence-electron chi connectivity index (χ3n) is 4.60. The summed E-state index contributed by atoms with van der Waals surface area (Å²) < 4.78 is 0. The van der Waals surface area contributed by atoms with E-state index >= 15 is 0 Å². The first-order valence-electron chi connectivity index (χ1n) is 7.29. The van der Waals surface area contributed by atoms with Crippen molar-refractivity contribution in [3.63, 3.8) is 0 Å². The summed E-state index contributed by atoms with van der Waals surface area (Å²) in [4.78, 5) is 0. The van der Waals surface area contributed by atoms with E-state index in [0.717, 1.165) is 24.2 Å². The standard InChI is InChI=1S/C17H30/c1-6-16(11-13(2)3)9-10-17-8-7-14(4)15(5)12-17/h6,14-17H,1-2,7-12H2,3-5H3. The van der Waals surface area contributed by atoms with Gasteiger partial charge in [-0.05, 0) is 56.3 Å². The lowest BCUT2D eigenvalue weighted by Gasteiger charge is -2.32. The molecule has 1 aliphatic rings. The zero-order valence-corrected chi connectivity index (χ0v) is 12.0. The van der Waals surface area contributed by atoms with Gasteiger partial charge in [0.05, 0.1) is 0 Å². The van der Waals surface area contributed by atoms with E-state index in [0.29, 0.717) is 5.92 Å². The Hall–Kier alpha value is -0.520. The van der Waals surface area contributed by atoms with E-state index in [9.17, 15) is 0 Å². The largest absolute Gasteiger partial charge is 0.103 e. The van der Waals surface area contributed by atoms with Crippen LogP contribution in [0.25, 0.3) is 0 Å². The van der Waals surface area contributed by atoms with E-state index in [2.05, 4.69) is 40.0 Å². The van der Waals surface area contributed by atoms with E-state index in [1.807, 2.05) is 0 Å². The molecule has 0 nitrogen and oxygen atoms in total. The van der Waals surface area contributed by atoms with Crippen LogP contribution >= 0.6 is 0 Å². The van der Waals surface area contributed by atoms with E-state index in [1.54, 1.807) is 0 Å². The maximum Gasteiger partial charge on any atom is -0.0199 e. The van der Waals surface area contributed by atoms with Crippen LogP contribution in [0.5, 0.6) is 0 Å². The van der Waals surface area contributed by atoms with Crippen LogP contribution in [-0.2, 0) is 0 Å². The molecule has 0 heterocycles. The Morgan fingerprint density at radius 3 is 2.53 bits per heavy atom. The van der Waals surface area contributed by atoms with Crippen molar-refractivity contribution in [1.29, 1.82) is 0 Å². The number of hydrogen-bond acceptors (Lipinski definition) is 0. The second-order valence-electron chi connectivity index (χ2n) is 6.37. The van der Waals surface area contributed by atoms with Gasteiger partial charge in [0.15, 0.2) is 0 Å². The van der Waals surface area contributed by atoms with Crippen molar-refractivity contribution in [2.75, 3.05) is 0 Å². The molecule has 0 radical (unpaired) electrons. The van der Waals surface area contributed by atoms with E-state index < -0.39 is 0 Å². The van der Waals surface area contributed by atoms with Gasteiger partial charge in [0.2, 0.25) is 0 Å². The summed E-state index contributed by atoms with van der Waals surface area (Å²) in [7, 11) is 0. The molecule has 0 aromatic carbocycles. The predicted octanol–water partition coefficient (Wildman–Crippen LogP) is 5.61. The van der Waals surface area contributed by atoms with Crippen molar-refractivity contribution >= 4 is 0 Å². The van der Waals surface area contributed by atoms with Crippen molar-refractivity contribution in [3.8, 4) is 0 Å². The summed E-state index contributed by atoms with van der Waals surface area (Å²) in [6, 6.07) is 0. The lowest BCUT2D eigenvalue weighted by Crippen LogP contribution is -2.21. The van der Waals surface area contributed by atoms with Gasteiger partial charge in [-0.25, -0.2) is 0 Å². The van der Waals surface area contributed by atoms with Gasteiger partial charge in [0.25, 0.3) is 0 Å². The Labute approximate surface area is 108 Å². The Morgan fingerprint density at radius 2 is 2.00 bits per heavy atom. The molecule has 0 spiro atoms. The molecule has 0 amide bonds. The topological polar surface area (TPSA) is 0 Å². The van der Waals surface area contributed by atoms with Crippen LogP contribution in [-0.4, -0.2) is 0 Å². The quantitative estimate of drug-likeness (QED) is 0.524. The van der Waals surface area contributed by atoms with Gasteiger partial charge in [-0.1, -0.05) is 38.3 Å². The van der Waals surface area contributed by atoms with Crippen LogP contribution in [0.4, 0.5) is 0 Å². The van der Waals surface area contributed by atoms with Crippen LogP contribution in [0.1, 0.15) is 59.3 Å². The SMILES string of the molecule is C=CC(CCC1CCC(C)C(C)C1)CC(=C)C. The lowest BCUT2D eigenvalue weighted by atomic mass is 9.73. The molecule has 98 valence electrons. The van der Waals surface area contributed by atoms with Crippen molar-refractivity contribution in [2.45, 2.75) is 59.3 Å². The predicted molar refractivity (Wildman–Crippen MR) is 78.0 cm³/mol. The minimum absolute atomic E-state index is 0.655. The molecule has 17 heavy (non-hydrogen) atoms. The van der Waals surface area contributed by atoms with Gasteiger partial charge in [0, 0.05) is 0 Å². The van der Waals surface area contributed by atoms with Crippen LogP contribution in [0.3, 0.4) is 0 Å². The second-order valence-corrected chi connectivity index (χ2v) is 6.37. The molecule has 1 rings (SSSR count). The fourth-order valence-corrected chi connectivity index (χ4v) is 3.12. The normalized spacial score (nSPS) is 30.9.